The van der Waals surface area contributed by atoms with Crippen molar-refractivity contribution < 1.29 is 9.47 Å². The zero-order valence-electron chi connectivity index (χ0n) is 12.3. The summed E-state index contributed by atoms with van der Waals surface area (Å²) >= 11 is 2.46. The van der Waals surface area contributed by atoms with E-state index in [1.54, 1.807) is 7.11 Å². The molecule has 0 N–H and O–H groups in total. The van der Waals surface area contributed by atoms with E-state index in [-0.39, 0.29) is 6.23 Å². The van der Waals surface area contributed by atoms with Crippen molar-refractivity contribution in [2.75, 3.05) is 13.7 Å². The first-order valence-corrected chi connectivity index (χ1v) is 8.40. The van der Waals surface area contributed by atoms with Gasteiger partial charge in [-0.25, -0.2) is 0 Å². The van der Waals surface area contributed by atoms with Crippen LogP contribution in [0.25, 0.3) is 10.9 Å². The van der Waals surface area contributed by atoms with Crippen LogP contribution < -0.4 is 4.74 Å². The molecule has 0 aliphatic carbocycles. The Morgan fingerprint density at radius 3 is 2.68 bits per heavy atom. The van der Waals surface area contributed by atoms with Gasteiger partial charge in [0.15, 0.2) is 6.23 Å². The Labute approximate surface area is 143 Å². The normalized spacial score (nSPS) is 17.5. The zero-order chi connectivity index (χ0) is 15.1. The van der Waals surface area contributed by atoms with Crippen molar-refractivity contribution in [2.45, 2.75) is 12.6 Å². The molecule has 4 rings (SSSR count). The molecule has 112 valence electrons. The van der Waals surface area contributed by atoms with E-state index in [2.05, 4.69) is 63.6 Å². The Morgan fingerprint density at radius 2 is 1.91 bits per heavy atom. The molecule has 3 aromatic rings. The number of para-hydroxylation sites is 1. The van der Waals surface area contributed by atoms with Gasteiger partial charge in [0.1, 0.15) is 5.75 Å². The lowest BCUT2D eigenvalue weighted by atomic mass is 10.1. The highest BCUT2D eigenvalue weighted by Crippen LogP contribution is 2.36. The van der Waals surface area contributed by atoms with E-state index >= 15 is 0 Å². The highest BCUT2D eigenvalue weighted by molar-refractivity contribution is 14.1. The second-order valence-corrected chi connectivity index (χ2v) is 6.47. The number of halogens is 1. The molecule has 3 nitrogen and oxygen atoms in total. The molecular weight excluding hydrogens is 389 g/mol. The number of aromatic nitrogens is 1. The molecule has 0 radical (unpaired) electrons. The maximum absolute atomic E-state index is 6.10. The van der Waals surface area contributed by atoms with E-state index in [1.807, 2.05) is 12.1 Å². The molecule has 1 aliphatic heterocycles. The average molecular weight is 405 g/mol. The van der Waals surface area contributed by atoms with Gasteiger partial charge in [0.25, 0.3) is 0 Å². The fourth-order valence-corrected chi connectivity index (χ4v) is 4.12. The average Bonchev–Trinajstić information content (AvgIpc) is 2.89. The summed E-state index contributed by atoms with van der Waals surface area (Å²) in [6.07, 6.45) is 0.891. The molecule has 0 amide bonds. The first kappa shape index (κ1) is 14.1. The SMILES string of the molecule is COc1ccc(C2OCCc3c(I)c4ccccc4n32)cc1. The summed E-state index contributed by atoms with van der Waals surface area (Å²) in [5.74, 6) is 0.867. The van der Waals surface area contributed by atoms with Crippen molar-refractivity contribution >= 4 is 33.5 Å². The minimum absolute atomic E-state index is 0.0666. The summed E-state index contributed by atoms with van der Waals surface area (Å²) in [5.41, 5.74) is 3.76. The lowest BCUT2D eigenvalue weighted by Gasteiger charge is -2.28. The van der Waals surface area contributed by atoms with E-state index < -0.39 is 0 Å². The standard InChI is InChI=1S/C18H16INO2/c1-21-13-8-6-12(7-9-13)18-20-15-5-3-2-4-14(15)17(19)16(20)10-11-22-18/h2-9,18H,10-11H2,1H3. The van der Waals surface area contributed by atoms with E-state index in [9.17, 15) is 0 Å². The van der Waals surface area contributed by atoms with Crippen LogP contribution in [0.5, 0.6) is 5.75 Å². The summed E-state index contributed by atoms with van der Waals surface area (Å²) < 4.78 is 15.0. The van der Waals surface area contributed by atoms with Crippen LogP contribution >= 0.6 is 22.6 Å². The molecule has 0 saturated heterocycles. The fourth-order valence-electron chi connectivity index (χ4n) is 3.13. The van der Waals surface area contributed by atoms with E-state index in [1.165, 1.54) is 20.2 Å². The summed E-state index contributed by atoms with van der Waals surface area (Å²) in [4.78, 5) is 0. The van der Waals surface area contributed by atoms with Crippen LogP contribution in [0.1, 0.15) is 17.5 Å². The molecule has 1 atom stereocenters. The third-order valence-electron chi connectivity index (χ3n) is 4.19. The van der Waals surface area contributed by atoms with Crippen molar-refractivity contribution in [1.29, 1.82) is 0 Å². The predicted octanol–water partition coefficient (Wildman–Crippen LogP) is 4.37. The molecule has 2 aromatic carbocycles. The van der Waals surface area contributed by atoms with Gasteiger partial charge >= 0.3 is 0 Å². The van der Waals surface area contributed by atoms with Gasteiger partial charge in [-0.3, -0.25) is 0 Å². The minimum atomic E-state index is -0.0666. The van der Waals surface area contributed by atoms with E-state index in [0.717, 1.165) is 24.3 Å². The third-order valence-corrected chi connectivity index (χ3v) is 5.40. The van der Waals surface area contributed by atoms with Gasteiger partial charge in [-0.05, 0) is 40.8 Å². The maximum atomic E-state index is 6.10. The largest absolute Gasteiger partial charge is 0.497 e. The van der Waals surface area contributed by atoms with Gasteiger partial charge in [-0.2, -0.15) is 0 Å². The smallest absolute Gasteiger partial charge is 0.160 e. The van der Waals surface area contributed by atoms with Crippen molar-refractivity contribution in [1.82, 2.24) is 4.57 Å². The Kier molecular flexibility index (Phi) is 3.58. The summed E-state index contributed by atoms with van der Waals surface area (Å²) in [6.45, 7) is 0.753. The second-order valence-electron chi connectivity index (χ2n) is 5.39. The fraction of sp³-hybridized carbons (Fsp3) is 0.222. The zero-order valence-corrected chi connectivity index (χ0v) is 14.4. The molecule has 22 heavy (non-hydrogen) atoms. The number of rotatable bonds is 2. The Morgan fingerprint density at radius 1 is 1.14 bits per heavy atom. The molecule has 1 aromatic heterocycles. The second kappa shape index (κ2) is 5.59. The summed E-state index contributed by atoms with van der Waals surface area (Å²) in [7, 11) is 1.69. The van der Waals surface area contributed by atoms with Crippen LogP contribution in [0.4, 0.5) is 0 Å². The van der Waals surface area contributed by atoms with Crippen molar-refractivity contribution in [3.8, 4) is 5.75 Å². The van der Waals surface area contributed by atoms with Gasteiger partial charge in [-0.15, -0.1) is 0 Å². The van der Waals surface area contributed by atoms with Crippen LogP contribution in [0.15, 0.2) is 48.5 Å². The lowest BCUT2D eigenvalue weighted by molar-refractivity contribution is 0.0160. The minimum Gasteiger partial charge on any atom is -0.497 e. The molecule has 1 aliphatic rings. The van der Waals surface area contributed by atoms with E-state index in [4.69, 9.17) is 9.47 Å². The monoisotopic (exact) mass is 405 g/mol. The summed E-state index contributed by atoms with van der Waals surface area (Å²) in [6, 6.07) is 16.7. The van der Waals surface area contributed by atoms with Crippen LogP contribution in [0.3, 0.4) is 0 Å². The number of fused-ring (bicyclic) bond motifs is 3. The molecule has 0 saturated carbocycles. The van der Waals surface area contributed by atoms with Crippen molar-refractivity contribution in [3.63, 3.8) is 0 Å². The highest BCUT2D eigenvalue weighted by Gasteiger charge is 2.26. The number of hydrogen-bond acceptors (Lipinski definition) is 2. The summed E-state index contributed by atoms with van der Waals surface area (Å²) in [5, 5.41) is 1.31. The predicted molar refractivity (Wildman–Crippen MR) is 95.4 cm³/mol. The van der Waals surface area contributed by atoms with Gasteiger partial charge in [0.05, 0.1) is 19.2 Å². The molecule has 4 heteroatoms. The number of benzene rings is 2. The number of nitrogens with zero attached hydrogens (tertiary/aromatic N) is 1. The molecule has 1 unspecified atom stereocenters. The first-order chi connectivity index (χ1) is 10.8. The van der Waals surface area contributed by atoms with Crippen molar-refractivity contribution in [3.05, 3.63) is 63.4 Å². The Bertz CT molecular complexity index is 823. The number of ether oxygens (including phenoxy) is 2. The molecule has 0 spiro atoms. The first-order valence-electron chi connectivity index (χ1n) is 7.32. The molecular formula is C18H16INO2. The lowest BCUT2D eigenvalue weighted by Crippen LogP contribution is -2.24. The number of hydrogen-bond donors (Lipinski definition) is 0. The van der Waals surface area contributed by atoms with Crippen molar-refractivity contribution in [2.24, 2.45) is 0 Å². The van der Waals surface area contributed by atoms with Crippen LogP contribution in [-0.2, 0) is 11.2 Å². The third kappa shape index (κ3) is 2.13. The van der Waals surface area contributed by atoms with Gasteiger partial charge in [-0.1, -0.05) is 30.3 Å². The van der Waals surface area contributed by atoms with Crippen LogP contribution in [0, 0.1) is 3.57 Å². The van der Waals surface area contributed by atoms with Gasteiger partial charge < -0.3 is 14.0 Å². The van der Waals surface area contributed by atoms with Crippen LogP contribution in [0.2, 0.25) is 0 Å². The Hall–Kier alpha value is -1.53. The maximum Gasteiger partial charge on any atom is 0.160 e. The molecule has 0 bridgehead atoms. The van der Waals surface area contributed by atoms with Gasteiger partial charge in [0.2, 0.25) is 0 Å². The molecule has 0 fully saturated rings. The quantitative estimate of drug-likeness (QED) is 0.591. The Balaban J connectivity index is 1.89. The molecule has 2 heterocycles. The number of methoxy groups -OCH3 is 1. The topological polar surface area (TPSA) is 23.4 Å². The van der Waals surface area contributed by atoms with Gasteiger partial charge in [0, 0.05) is 26.6 Å². The van der Waals surface area contributed by atoms with Crippen LogP contribution in [-0.4, -0.2) is 18.3 Å². The van der Waals surface area contributed by atoms with E-state index in [0.29, 0.717) is 0 Å². The highest BCUT2D eigenvalue weighted by atomic mass is 127.